The second kappa shape index (κ2) is 11.1. The van der Waals surface area contributed by atoms with Gasteiger partial charge in [-0.1, -0.05) is 17.4 Å². The lowest BCUT2D eigenvalue weighted by atomic mass is 9.95. The molecule has 3 aromatic rings. The lowest BCUT2D eigenvalue weighted by Crippen LogP contribution is -2.44. The average Bonchev–Trinajstić information content (AvgIpc) is 3.52. The van der Waals surface area contributed by atoms with Gasteiger partial charge in [0.05, 0.1) is 42.7 Å². The molecule has 2 aliphatic rings. The molecule has 1 atom stereocenters. The normalized spacial score (nSPS) is 18.1. The lowest BCUT2D eigenvalue weighted by molar-refractivity contribution is -0.139. The molecule has 0 N–H and O–H groups in total. The van der Waals surface area contributed by atoms with E-state index in [2.05, 4.69) is 21.8 Å². The first-order valence-corrected chi connectivity index (χ1v) is 13.6. The standard InChI is InChI=1S/C28H32N4O6S/c1-6-37-27(34)24-17(2)29-28-32(25(24)18-7-9-20(35-4)21(15-18)36-5)26(33)22(39-28)16-19-8-10-23(38-19)31-13-11-30(3)12-14-31/h7-10,15-16,25H,6,11-14H2,1-5H3/b22-16-/t25-/m1/s1. The molecule has 10 nitrogen and oxygen atoms in total. The molecule has 0 radical (unpaired) electrons. The number of carbonyl (C=O) groups excluding carboxylic acids is 1. The number of thiazole rings is 1. The highest BCUT2D eigenvalue weighted by molar-refractivity contribution is 7.07. The molecule has 0 saturated carbocycles. The number of allylic oxidation sites excluding steroid dienone is 1. The van der Waals surface area contributed by atoms with Gasteiger partial charge in [0, 0.05) is 38.3 Å². The largest absolute Gasteiger partial charge is 0.493 e. The molecular formula is C28H32N4O6S. The summed E-state index contributed by atoms with van der Waals surface area (Å²) in [5.74, 6) is 1.88. The lowest BCUT2D eigenvalue weighted by Gasteiger charge is -2.32. The van der Waals surface area contributed by atoms with Gasteiger partial charge in [-0.25, -0.2) is 9.79 Å². The number of likely N-dealkylation sites (N-methyl/N-ethyl adjacent to an activating group) is 1. The van der Waals surface area contributed by atoms with Crippen LogP contribution in [0.4, 0.5) is 5.88 Å². The number of furan rings is 1. The van der Waals surface area contributed by atoms with Gasteiger partial charge in [0.2, 0.25) is 0 Å². The van der Waals surface area contributed by atoms with Crippen LogP contribution in [0.15, 0.2) is 55.8 Å². The van der Waals surface area contributed by atoms with E-state index in [1.807, 2.05) is 18.2 Å². The van der Waals surface area contributed by atoms with E-state index in [1.165, 1.54) is 11.3 Å². The second-order valence-electron chi connectivity index (χ2n) is 9.38. The molecular weight excluding hydrogens is 520 g/mol. The number of methoxy groups -OCH3 is 2. The van der Waals surface area contributed by atoms with Gasteiger partial charge in [-0.15, -0.1) is 0 Å². The van der Waals surface area contributed by atoms with E-state index in [-0.39, 0.29) is 12.2 Å². The van der Waals surface area contributed by atoms with Crippen LogP contribution < -0.4 is 29.3 Å². The number of hydrogen-bond donors (Lipinski definition) is 0. The Bertz CT molecular complexity index is 1590. The number of ether oxygens (including phenoxy) is 3. The Kier molecular flexibility index (Phi) is 7.62. The Morgan fingerprint density at radius 2 is 1.87 bits per heavy atom. The summed E-state index contributed by atoms with van der Waals surface area (Å²) < 4.78 is 24.4. The van der Waals surface area contributed by atoms with E-state index >= 15 is 0 Å². The zero-order chi connectivity index (χ0) is 27.7. The van der Waals surface area contributed by atoms with Gasteiger partial charge >= 0.3 is 5.97 Å². The number of nitrogens with zero attached hydrogens (tertiary/aromatic N) is 4. The van der Waals surface area contributed by atoms with Gasteiger partial charge in [0.15, 0.2) is 22.2 Å². The van der Waals surface area contributed by atoms with E-state index in [1.54, 1.807) is 50.8 Å². The van der Waals surface area contributed by atoms with Crippen LogP contribution in [0.1, 0.15) is 31.2 Å². The van der Waals surface area contributed by atoms with Crippen molar-refractivity contribution in [3.63, 3.8) is 0 Å². The van der Waals surface area contributed by atoms with Crippen LogP contribution in [-0.4, -0.2) is 69.5 Å². The van der Waals surface area contributed by atoms with Gasteiger partial charge in [-0.05, 0) is 44.7 Å². The molecule has 0 spiro atoms. The fourth-order valence-corrected chi connectivity index (χ4v) is 5.90. The third-order valence-electron chi connectivity index (χ3n) is 6.94. The molecule has 5 rings (SSSR count). The van der Waals surface area contributed by atoms with Gasteiger partial charge in [-0.2, -0.15) is 0 Å². The molecule has 2 aliphatic heterocycles. The zero-order valence-electron chi connectivity index (χ0n) is 22.7. The number of hydrogen-bond acceptors (Lipinski definition) is 10. The number of rotatable bonds is 7. The Morgan fingerprint density at radius 1 is 1.13 bits per heavy atom. The summed E-state index contributed by atoms with van der Waals surface area (Å²) in [6.45, 7) is 7.40. The van der Waals surface area contributed by atoms with Crippen LogP contribution in [0.25, 0.3) is 6.08 Å². The summed E-state index contributed by atoms with van der Waals surface area (Å²) in [5, 5.41) is 0. The Labute approximate surface area is 230 Å². The van der Waals surface area contributed by atoms with Crippen LogP contribution in [0.5, 0.6) is 11.5 Å². The molecule has 4 heterocycles. The number of fused-ring (bicyclic) bond motifs is 1. The monoisotopic (exact) mass is 552 g/mol. The molecule has 1 aromatic carbocycles. The SMILES string of the molecule is CCOC(=O)C1=C(C)N=c2s/c(=C\c3ccc(N4CCN(C)CC4)o3)c(=O)n2[C@@H]1c1ccc(OC)c(OC)c1. The fraction of sp³-hybridized carbons (Fsp3) is 0.393. The zero-order valence-corrected chi connectivity index (χ0v) is 23.5. The van der Waals surface area contributed by atoms with Gasteiger partial charge in [0.25, 0.3) is 5.56 Å². The van der Waals surface area contributed by atoms with Crippen LogP contribution in [0.2, 0.25) is 0 Å². The average molecular weight is 553 g/mol. The number of esters is 1. The van der Waals surface area contributed by atoms with Crippen molar-refractivity contribution >= 4 is 29.3 Å². The fourth-order valence-electron chi connectivity index (χ4n) is 4.88. The van der Waals surface area contributed by atoms with E-state index in [4.69, 9.17) is 18.6 Å². The summed E-state index contributed by atoms with van der Waals surface area (Å²) in [4.78, 5) is 36.6. The summed E-state index contributed by atoms with van der Waals surface area (Å²) in [6.07, 6.45) is 1.73. The van der Waals surface area contributed by atoms with Crippen LogP contribution >= 0.6 is 11.3 Å². The topological polar surface area (TPSA) is 98.7 Å². The highest BCUT2D eigenvalue weighted by Crippen LogP contribution is 2.36. The molecule has 1 fully saturated rings. The minimum absolute atomic E-state index is 0.201. The van der Waals surface area contributed by atoms with Crippen molar-refractivity contribution in [2.75, 3.05) is 59.0 Å². The molecule has 0 amide bonds. The van der Waals surface area contributed by atoms with Gasteiger partial charge in [-0.3, -0.25) is 9.36 Å². The first kappa shape index (κ1) is 26.8. The van der Waals surface area contributed by atoms with Gasteiger partial charge < -0.3 is 28.4 Å². The molecule has 0 aliphatic carbocycles. The minimum atomic E-state index is -0.750. The Hall–Kier alpha value is -3.83. The van der Waals surface area contributed by atoms with Gasteiger partial charge in [0.1, 0.15) is 5.76 Å². The van der Waals surface area contributed by atoms with Crippen molar-refractivity contribution in [3.8, 4) is 11.5 Å². The second-order valence-corrected chi connectivity index (χ2v) is 10.4. The maximum Gasteiger partial charge on any atom is 0.338 e. The van der Waals surface area contributed by atoms with Crippen LogP contribution in [0, 0.1) is 0 Å². The number of piperazine rings is 1. The van der Waals surface area contributed by atoms with Crippen LogP contribution in [-0.2, 0) is 9.53 Å². The first-order valence-electron chi connectivity index (χ1n) is 12.8. The molecule has 11 heteroatoms. The molecule has 0 bridgehead atoms. The third-order valence-corrected chi connectivity index (χ3v) is 7.92. The number of aromatic nitrogens is 1. The number of carbonyl (C=O) groups is 1. The summed E-state index contributed by atoms with van der Waals surface area (Å²) in [5.41, 5.74) is 1.20. The quantitative estimate of drug-likeness (QED) is 0.412. The van der Waals surface area contributed by atoms with E-state index in [0.29, 0.717) is 43.4 Å². The van der Waals surface area contributed by atoms with Crippen molar-refractivity contribution in [1.82, 2.24) is 9.47 Å². The molecule has 39 heavy (non-hydrogen) atoms. The maximum absolute atomic E-state index is 13.9. The highest BCUT2D eigenvalue weighted by Gasteiger charge is 2.34. The molecule has 1 saturated heterocycles. The van der Waals surface area contributed by atoms with Crippen molar-refractivity contribution < 1.29 is 23.4 Å². The Morgan fingerprint density at radius 3 is 2.56 bits per heavy atom. The summed E-state index contributed by atoms with van der Waals surface area (Å²) in [6, 6.07) is 8.39. The maximum atomic E-state index is 13.9. The summed E-state index contributed by atoms with van der Waals surface area (Å²) in [7, 11) is 5.20. The number of anilines is 1. The Balaban J connectivity index is 1.60. The van der Waals surface area contributed by atoms with E-state index in [9.17, 15) is 9.59 Å². The molecule has 2 aromatic heterocycles. The van der Waals surface area contributed by atoms with E-state index < -0.39 is 12.0 Å². The van der Waals surface area contributed by atoms with Crippen molar-refractivity contribution in [2.24, 2.45) is 4.99 Å². The highest BCUT2D eigenvalue weighted by atomic mass is 32.1. The summed E-state index contributed by atoms with van der Waals surface area (Å²) >= 11 is 1.25. The minimum Gasteiger partial charge on any atom is -0.493 e. The van der Waals surface area contributed by atoms with Crippen LogP contribution in [0.3, 0.4) is 0 Å². The molecule has 0 unspecified atom stereocenters. The predicted molar refractivity (Wildman–Crippen MR) is 148 cm³/mol. The third kappa shape index (κ3) is 5.11. The first-order chi connectivity index (χ1) is 18.8. The molecule has 206 valence electrons. The van der Waals surface area contributed by atoms with Crippen molar-refractivity contribution in [3.05, 3.63) is 72.6 Å². The predicted octanol–water partition coefficient (Wildman–Crippen LogP) is 2.16. The smallest absolute Gasteiger partial charge is 0.338 e. The van der Waals surface area contributed by atoms with E-state index in [0.717, 1.165) is 32.1 Å². The van der Waals surface area contributed by atoms with Crippen molar-refractivity contribution in [1.29, 1.82) is 0 Å². The van der Waals surface area contributed by atoms with Crippen molar-refractivity contribution in [2.45, 2.75) is 19.9 Å². The number of benzene rings is 1.